The minimum atomic E-state index is -0.0659. The molecule has 4 nitrogen and oxygen atoms in total. The van der Waals surface area contributed by atoms with Gasteiger partial charge in [-0.15, -0.1) is 0 Å². The van der Waals surface area contributed by atoms with Crippen molar-refractivity contribution in [3.8, 4) is 5.75 Å². The Labute approximate surface area is 208 Å². The molecular weight excluding hydrogens is 552 g/mol. The van der Waals surface area contributed by atoms with Gasteiger partial charge in [0.15, 0.2) is 5.17 Å². The molecule has 0 radical (unpaired) electrons. The van der Waals surface area contributed by atoms with Crippen molar-refractivity contribution in [3.63, 3.8) is 0 Å². The molecule has 0 spiro atoms. The number of amidine groups is 1. The van der Waals surface area contributed by atoms with E-state index in [2.05, 4.69) is 31.9 Å². The summed E-state index contributed by atoms with van der Waals surface area (Å²) in [6.07, 6.45) is 1.87. The quantitative estimate of drug-likeness (QED) is 0.302. The van der Waals surface area contributed by atoms with Gasteiger partial charge in [0.1, 0.15) is 5.75 Å². The Kier molecular flexibility index (Phi) is 7.50. The van der Waals surface area contributed by atoms with Gasteiger partial charge >= 0.3 is 0 Å². The molecule has 3 aromatic rings. The van der Waals surface area contributed by atoms with Crippen molar-refractivity contribution in [2.75, 3.05) is 7.11 Å². The first kappa shape index (κ1) is 22.8. The molecule has 4 rings (SSSR count). The number of carbonyl (C=O) groups excluding carboxylic acids is 1. The van der Waals surface area contributed by atoms with Crippen molar-refractivity contribution in [1.29, 1.82) is 0 Å². The molecule has 3 aromatic carbocycles. The van der Waals surface area contributed by atoms with Gasteiger partial charge in [0.05, 0.1) is 29.6 Å². The van der Waals surface area contributed by atoms with Crippen molar-refractivity contribution in [2.45, 2.75) is 13.1 Å². The number of hydrogen-bond donors (Lipinski definition) is 0. The van der Waals surface area contributed by atoms with Crippen LogP contribution in [0.2, 0.25) is 0 Å². The molecule has 1 amide bonds. The Morgan fingerprint density at radius 1 is 1.00 bits per heavy atom. The first-order valence-corrected chi connectivity index (χ1v) is 12.3. The normalized spacial score (nSPS) is 16.2. The summed E-state index contributed by atoms with van der Waals surface area (Å²) < 4.78 is 7.27. The number of rotatable bonds is 6. The second kappa shape index (κ2) is 10.5. The van der Waals surface area contributed by atoms with Crippen LogP contribution in [0.5, 0.6) is 5.75 Å². The fourth-order valence-corrected chi connectivity index (χ4v) is 5.70. The molecule has 1 aliphatic heterocycles. The van der Waals surface area contributed by atoms with Crippen molar-refractivity contribution < 1.29 is 9.53 Å². The molecule has 0 saturated carbocycles. The zero-order valence-corrected chi connectivity index (χ0v) is 21.3. The molecule has 0 bridgehead atoms. The molecule has 1 heterocycles. The maximum absolute atomic E-state index is 13.4. The monoisotopic (exact) mass is 570 g/mol. The third kappa shape index (κ3) is 5.34. The third-order valence-corrected chi connectivity index (χ3v) is 6.93. The van der Waals surface area contributed by atoms with E-state index in [0.717, 1.165) is 25.6 Å². The van der Waals surface area contributed by atoms with Crippen LogP contribution in [0.4, 0.5) is 0 Å². The summed E-state index contributed by atoms with van der Waals surface area (Å²) in [5.74, 6) is 0.613. The first-order valence-electron chi connectivity index (χ1n) is 9.92. The van der Waals surface area contributed by atoms with Crippen molar-refractivity contribution in [2.24, 2.45) is 4.99 Å². The maximum atomic E-state index is 13.4. The lowest BCUT2D eigenvalue weighted by Crippen LogP contribution is -2.28. The van der Waals surface area contributed by atoms with E-state index in [4.69, 9.17) is 9.73 Å². The van der Waals surface area contributed by atoms with Gasteiger partial charge in [-0.2, -0.15) is 0 Å². The summed E-state index contributed by atoms with van der Waals surface area (Å²) in [5.41, 5.74) is 2.97. The van der Waals surface area contributed by atoms with Crippen LogP contribution in [-0.2, 0) is 17.9 Å². The number of ether oxygens (including phenoxy) is 1. The average molecular weight is 572 g/mol. The highest BCUT2D eigenvalue weighted by Gasteiger charge is 2.33. The van der Waals surface area contributed by atoms with Crippen molar-refractivity contribution in [3.05, 3.63) is 103 Å². The smallest absolute Gasteiger partial charge is 0.267 e. The zero-order valence-electron chi connectivity index (χ0n) is 17.3. The maximum Gasteiger partial charge on any atom is 0.267 e. The second-order valence-corrected chi connectivity index (χ2v) is 9.86. The van der Waals surface area contributed by atoms with Crippen molar-refractivity contribution >= 4 is 60.8 Å². The van der Waals surface area contributed by atoms with E-state index in [1.165, 1.54) is 11.8 Å². The molecule has 0 aliphatic carbocycles. The van der Waals surface area contributed by atoms with E-state index in [9.17, 15) is 4.79 Å². The van der Waals surface area contributed by atoms with Crippen molar-refractivity contribution in [1.82, 2.24) is 4.90 Å². The lowest BCUT2D eigenvalue weighted by atomic mass is 10.1. The summed E-state index contributed by atoms with van der Waals surface area (Å²) in [6, 6.07) is 23.8. The molecule has 1 fully saturated rings. The van der Waals surface area contributed by atoms with Gasteiger partial charge in [-0.1, -0.05) is 76.6 Å². The Bertz CT molecular complexity index is 1180. The summed E-state index contributed by atoms with van der Waals surface area (Å²) in [4.78, 5) is 20.5. The number of hydrogen-bond acceptors (Lipinski definition) is 4. The molecule has 0 N–H and O–H groups in total. The molecule has 162 valence electrons. The fraction of sp³-hybridized carbons (Fsp3) is 0.120. The SMILES string of the molecule is COc1c(Br)cc(Br)cc1/C=C1/SC(=NCc2ccccc2)N(Cc2ccccc2)C1=O. The summed E-state index contributed by atoms with van der Waals surface area (Å²) >= 11 is 8.44. The molecule has 1 aliphatic rings. The van der Waals surface area contributed by atoms with Crippen LogP contribution >= 0.6 is 43.6 Å². The summed E-state index contributed by atoms with van der Waals surface area (Å²) in [6.45, 7) is 0.984. The topological polar surface area (TPSA) is 41.9 Å². The molecule has 0 unspecified atom stereocenters. The molecule has 0 aromatic heterocycles. The Balaban J connectivity index is 1.69. The van der Waals surface area contributed by atoms with Crippen LogP contribution in [0.3, 0.4) is 0 Å². The number of aliphatic imine (C=N–C) groups is 1. The van der Waals surface area contributed by atoms with Gasteiger partial charge in [-0.3, -0.25) is 14.7 Å². The number of benzene rings is 3. The highest BCUT2D eigenvalue weighted by molar-refractivity contribution is 9.11. The van der Waals surface area contributed by atoms with Crippen LogP contribution in [0.15, 0.2) is 91.6 Å². The van der Waals surface area contributed by atoms with Gasteiger partial charge < -0.3 is 4.74 Å². The summed E-state index contributed by atoms with van der Waals surface area (Å²) in [7, 11) is 1.62. The van der Waals surface area contributed by atoms with E-state index in [-0.39, 0.29) is 5.91 Å². The van der Waals surface area contributed by atoms with Crippen LogP contribution < -0.4 is 4.74 Å². The molecule has 32 heavy (non-hydrogen) atoms. The van der Waals surface area contributed by atoms with E-state index in [1.807, 2.05) is 78.9 Å². The highest BCUT2D eigenvalue weighted by atomic mass is 79.9. The van der Waals surface area contributed by atoms with E-state index >= 15 is 0 Å². The minimum absolute atomic E-state index is 0.0659. The zero-order chi connectivity index (χ0) is 22.5. The van der Waals surface area contributed by atoms with E-state index in [0.29, 0.717) is 28.9 Å². The first-order chi connectivity index (χ1) is 15.5. The summed E-state index contributed by atoms with van der Waals surface area (Å²) in [5, 5.41) is 0.696. The number of methoxy groups -OCH3 is 1. The molecule has 1 saturated heterocycles. The minimum Gasteiger partial charge on any atom is -0.495 e. The lowest BCUT2D eigenvalue weighted by molar-refractivity contribution is -0.122. The van der Waals surface area contributed by atoms with Gasteiger partial charge in [-0.05, 0) is 57.0 Å². The molecular formula is C25H20Br2N2O2S. The van der Waals surface area contributed by atoms with Gasteiger partial charge in [-0.25, -0.2) is 0 Å². The van der Waals surface area contributed by atoms with E-state index in [1.54, 1.807) is 12.0 Å². The molecule has 7 heteroatoms. The van der Waals surface area contributed by atoms with Gasteiger partial charge in [0.2, 0.25) is 0 Å². The number of amides is 1. The largest absolute Gasteiger partial charge is 0.495 e. The van der Waals surface area contributed by atoms with Gasteiger partial charge in [0.25, 0.3) is 5.91 Å². The predicted octanol–water partition coefficient (Wildman–Crippen LogP) is 6.89. The predicted molar refractivity (Wildman–Crippen MR) is 139 cm³/mol. The van der Waals surface area contributed by atoms with Crippen LogP contribution in [0.1, 0.15) is 16.7 Å². The van der Waals surface area contributed by atoms with Gasteiger partial charge in [0, 0.05) is 10.0 Å². The Hall–Kier alpha value is -2.35. The second-order valence-electron chi connectivity index (χ2n) is 7.08. The number of thioether (sulfide) groups is 1. The lowest BCUT2D eigenvalue weighted by Gasteiger charge is -2.15. The van der Waals surface area contributed by atoms with E-state index < -0.39 is 0 Å². The van der Waals surface area contributed by atoms with Crippen LogP contribution in [0, 0.1) is 0 Å². The number of nitrogens with zero attached hydrogens (tertiary/aromatic N) is 2. The molecule has 0 atom stereocenters. The Morgan fingerprint density at radius 3 is 2.31 bits per heavy atom. The fourth-order valence-electron chi connectivity index (χ4n) is 3.32. The third-order valence-electron chi connectivity index (χ3n) is 4.84. The number of halogens is 2. The highest BCUT2D eigenvalue weighted by Crippen LogP contribution is 2.38. The standard InChI is InChI=1S/C25H20Br2N2O2S/c1-31-23-19(12-20(26)14-21(23)27)13-22-24(30)29(16-18-10-6-3-7-11-18)25(32-22)28-15-17-8-4-2-5-9-17/h2-14H,15-16H2,1H3/b22-13+,28-25?. The average Bonchev–Trinajstić information content (AvgIpc) is 3.08. The van der Waals surface area contributed by atoms with Crippen LogP contribution in [-0.4, -0.2) is 23.1 Å². The number of carbonyl (C=O) groups is 1. The Morgan fingerprint density at radius 2 is 1.66 bits per heavy atom. The van der Waals surface area contributed by atoms with Crippen LogP contribution in [0.25, 0.3) is 6.08 Å².